The molecule has 0 atom stereocenters. The zero-order valence-corrected chi connectivity index (χ0v) is 13.0. The number of benzene rings is 1. The SMILES string of the molecule is COCCNCCNC(=O)c1cccc(Cl)c1[N+](=O)[O-].Cl. The first-order valence-electron chi connectivity index (χ1n) is 5.98. The minimum Gasteiger partial charge on any atom is -0.383 e. The van der Waals surface area contributed by atoms with E-state index in [1.54, 1.807) is 7.11 Å². The second kappa shape index (κ2) is 10.3. The summed E-state index contributed by atoms with van der Waals surface area (Å²) in [6.07, 6.45) is 0. The van der Waals surface area contributed by atoms with Gasteiger partial charge < -0.3 is 15.4 Å². The van der Waals surface area contributed by atoms with Crippen LogP contribution in [0.1, 0.15) is 10.4 Å². The summed E-state index contributed by atoms with van der Waals surface area (Å²) in [7, 11) is 1.60. The van der Waals surface area contributed by atoms with Crippen LogP contribution in [0.5, 0.6) is 0 Å². The number of hydrogen-bond acceptors (Lipinski definition) is 5. The smallest absolute Gasteiger partial charge is 0.300 e. The van der Waals surface area contributed by atoms with Gasteiger partial charge in [-0.1, -0.05) is 17.7 Å². The summed E-state index contributed by atoms with van der Waals surface area (Å²) in [4.78, 5) is 22.1. The molecule has 0 spiro atoms. The second-order valence-electron chi connectivity index (χ2n) is 3.89. The van der Waals surface area contributed by atoms with Gasteiger partial charge >= 0.3 is 5.69 Å². The number of nitro benzene ring substituents is 1. The third-order valence-electron chi connectivity index (χ3n) is 2.48. The van der Waals surface area contributed by atoms with Gasteiger partial charge in [0.1, 0.15) is 10.6 Å². The van der Waals surface area contributed by atoms with E-state index in [0.717, 1.165) is 0 Å². The monoisotopic (exact) mass is 337 g/mol. The van der Waals surface area contributed by atoms with E-state index in [1.807, 2.05) is 0 Å². The Morgan fingerprint density at radius 1 is 1.38 bits per heavy atom. The number of nitrogens with one attached hydrogen (secondary N) is 2. The lowest BCUT2D eigenvalue weighted by Gasteiger charge is -2.07. The average Bonchev–Trinajstić information content (AvgIpc) is 2.41. The molecule has 0 aromatic heterocycles. The maximum absolute atomic E-state index is 11.9. The van der Waals surface area contributed by atoms with Crippen LogP contribution in [0.4, 0.5) is 5.69 Å². The fourth-order valence-corrected chi connectivity index (χ4v) is 1.79. The number of amides is 1. The number of ether oxygens (including phenoxy) is 1. The summed E-state index contributed by atoms with van der Waals surface area (Å²) in [5.41, 5.74) is -0.418. The van der Waals surface area contributed by atoms with Crippen molar-refractivity contribution in [2.24, 2.45) is 0 Å². The van der Waals surface area contributed by atoms with Crippen LogP contribution in [-0.2, 0) is 4.74 Å². The summed E-state index contributed by atoms with van der Waals surface area (Å²) in [5, 5.41) is 16.5. The molecule has 2 N–H and O–H groups in total. The second-order valence-corrected chi connectivity index (χ2v) is 4.30. The van der Waals surface area contributed by atoms with Gasteiger partial charge in [0.25, 0.3) is 5.91 Å². The molecule has 0 aliphatic rings. The van der Waals surface area contributed by atoms with Crippen molar-refractivity contribution < 1.29 is 14.5 Å². The van der Waals surface area contributed by atoms with E-state index in [9.17, 15) is 14.9 Å². The molecule has 0 radical (unpaired) electrons. The Balaban J connectivity index is 0.00000400. The molecule has 9 heteroatoms. The van der Waals surface area contributed by atoms with Crippen molar-refractivity contribution in [1.82, 2.24) is 10.6 Å². The molecule has 0 aliphatic carbocycles. The highest BCUT2D eigenvalue weighted by Gasteiger charge is 2.23. The normalized spacial score (nSPS) is 9.81. The number of halogens is 2. The molecule has 0 saturated heterocycles. The van der Waals surface area contributed by atoms with Crippen molar-refractivity contribution in [1.29, 1.82) is 0 Å². The average molecular weight is 338 g/mol. The Bertz CT molecular complexity index is 486. The van der Waals surface area contributed by atoms with Crippen LogP contribution >= 0.6 is 24.0 Å². The predicted molar refractivity (Wildman–Crippen MR) is 82.4 cm³/mol. The fraction of sp³-hybridized carbons (Fsp3) is 0.417. The molecule has 0 unspecified atom stereocenters. The molecular weight excluding hydrogens is 321 g/mol. The molecule has 0 saturated carbocycles. The molecule has 21 heavy (non-hydrogen) atoms. The summed E-state index contributed by atoms with van der Waals surface area (Å²) in [6, 6.07) is 4.25. The van der Waals surface area contributed by atoms with Crippen LogP contribution in [0, 0.1) is 10.1 Å². The highest BCUT2D eigenvalue weighted by molar-refractivity contribution is 6.33. The summed E-state index contributed by atoms with van der Waals surface area (Å²) < 4.78 is 4.85. The molecule has 1 rings (SSSR count). The molecule has 1 aromatic rings. The van der Waals surface area contributed by atoms with Gasteiger partial charge in [0.2, 0.25) is 0 Å². The molecule has 0 bridgehead atoms. The molecular formula is C12H17Cl2N3O4. The number of carbonyl (C=O) groups excluding carboxylic acids is 1. The number of rotatable bonds is 8. The van der Waals surface area contributed by atoms with Crippen molar-refractivity contribution in [3.05, 3.63) is 38.9 Å². The zero-order valence-electron chi connectivity index (χ0n) is 11.4. The minimum absolute atomic E-state index is 0. The van der Waals surface area contributed by atoms with Gasteiger partial charge in [-0.05, 0) is 12.1 Å². The quantitative estimate of drug-likeness (QED) is 0.427. The number of hydrogen-bond donors (Lipinski definition) is 2. The van der Waals surface area contributed by atoms with Gasteiger partial charge in [-0.3, -0.25) is 14.9 Å². The van der Waals surface area contributed by atoms with Crippen LogP contribution in [0.15, 0.2) is 18.2 Å². The van der Waals surface area contributed by atoms with E-state index in [1.165, 1.54) is 18.2 Å². The van der Waals surface area contributed by atoms with Crippen LogP contribution < -0.4 is 10.6 Å². The Kier molecular flexibility index (Phi) is 9.64. The van der Waals surface area contributed by atoms with E-state index in [2.05, 4.69) is 10.6 Å². The highest BCUT2D eigenvalue weighted by Crippen LogP contribution is 2.27. The zero-order chi connectivity index (χ0) is 15.0. The highest BCUT2D eigenvalue weighted by atomic mass is 35.5. The molecule has 1 aromatic carbocycles. The third kappa shape index (κ3) is 6.26. The lowest BCUT2D eigenvalue weighted by atomic mass is 10.1. The summed E-state index contributed by atoms with van der Waals surface area (Å²) >= 11 is 5.74. The number of nitro groups is 1. The maximum Gasteiger partial charge on any atom is 0.300 e. The van der Waals surface area contributed by atoms with E-state index >= 15 is 0 Å². The summed E-state index contributed by atoms with van der Waals surface area (Å²) in [5.74, 6) is -0.521. The van der Waals surface area contributed by atoms with E-state index in [4.69, 9.17) is 16.3 Å². The van der Waals surface area contributed by atoms with Crippen molar-refractivity contribution >= 4 is 35.6 Å². The first-order chi connectivity index (χ1) is 9.57. The topological polar surface area (TPSA) is 93.5 Å². The van der Waals surface area contributed by atoms with Gasteiger partial charge in [0.15, 0.2) is 0 Å². The van der Waals surface area contributed by atoms with Gasteiger partial charge in [-0.25, -0.2) is 0 Å². The Hall–Kier alpha value is -1.41. The largest absolute Gasteiger partial charge is 0.383 e. The lowest BCUT2D eigenvalue weighted by Crippen LogP contribution is -2.33. The predicted octanol–water partition coefficient (Wildman–Crippen LogP) is 1.64. The number of carbonyl (C=O) groups is 1. The van der Waals surface area contributed by atoms with Crippen LogP contribution in [0.2, 0.25) is 5.02 Å². The van der Waals surface area contributed by atoms with Gasteiger partial charge in [0, 0.05) is 26.7 Å². The van der Waals surface area contributed by atoms with Crippen molar-refractivity contribution in [3.8, 4) is 0 Å². The third-order valence-corrected chi connectivity index (χ3v) is 2.79. The van der Waals surface area contributed by atoms with Crippen molar-refractivity contribution in [3.63, 3.8) is 0 Å². The van der Waals surface area contributed by atoms with Crippen LogP contribution in [0.25, 0.3) is 0 Å². The van der Waals surface area contributed by atoms with Crippen LogP contribution in [-0.4, -0.2) is 44.2 Å². The molecule has 1 amide bonds. The maximum atomic E-state index is 11.9. The molecule has 0 fully saturated rings. The molecule has 0 heterocycles. The molecule has 7 nitrogen and oxygen atoms in total. The van der Waals surface area contributed by atoms with Gasteiger partial charge in [-0.2, -0.15) is 0 Å². The van der Waals surface area contributed by atoms with E-state index < -0.39 is 10.8 Å². The van der Waals surface area contributed by atoms with Crippen molar-refractivity contribution in [2.75, 3.05) is 33.4 Å². The fourth-order valence-electron chi connectivity index (χ4n) is 1.54. The van der Waals surface area contributed by atoms with E-state index in [-0.39, 0.29) is 28.7 Å². The van der Waals surface area contributed by atoms with Crippen molar-refractivity contribution in [2.45, 2.75) is 0 Å². The summed E-state index contributed by atoms with van der Waals surface area (Å²) in [6.45, 7) is 2.15. The van der Waals surface area contributed by atoms with Crippen LogP contribution in [0.3, 0.4) is 0 Å². The number of methoxy groups -OCH3 is 1. The lowest BCUT2D eigenvalue weighted by molar-refractivity contribution is -0.385. The molecule has 118 valence electrons. The number of para-hydroxylation sites is 1. The molecule has 0 aliphatic heterocycles. The Morgan fingerprint density at radius 3 is 2.71 bits per heavy atom. The van der Waals surface area contributed by atoms with Gasteiger partial charge in [0.05, 0.1) is 11.5 Å². The first-order valence-corrected chi connectivity index (χ1v) is 6.36. The Labute approximate surface area is 133 Å². The minimum atomic E-state index is -0.659. The first kappa shape index (κ1) is 19.6. The Morgan fingerprint density at radius 2 is 2.10 bits per heavy atom. The number of nitrogens with zero attached hydrogens (tertiary/aromatic N) is 1. The standard InChI is InChI=1S/C12H16ClN3O4.ClH/c1-20-8-7-14-5-6-15-12(17)9-3-2-4-10(13)11(9)16(18)19;/h2-4,14H,5-8H2,1H3,(H,15,17);1H. The van der Waals surface area contributed by atoms with Gasteiger partial charge in [-0.15, -0.1) is 12.4 Å². The van der Waals surface area contributed by atoms with E-state index in [0.29, 0.717) is 26.2 Å².